The number of aryl methyl sites for hydroxylation is 1. The molecule has 1 aliphatic heterocycles. The van der Waals surface area contributed by atoms with Crippen LogP contribution >= 0.6 is 0 Å². The van der Waals surface area contributed by atoms with Gasteiger partial charge in [0.1, 0.15) is 5.75 Å². The molecule has 0 aliphatic carbocycles. The third-order valence-corrected chi connectivity index (χ3v) is 6.50. The average molecular weight is 368 g/mol. The molecule has 0 saturated carbocycles. The number of ether oxygens (including phenoxy) is 1. The number of hydrogen-bond acceptors (Lipinski definition) is 4. The van der Waals surface area contributed by atoms with Gasteiger partial charge >= 0.3 is 0 Å². The van der Waals surface area contributed by atoms with Crippen molar-refractivity contribution in [2.45, 2.75) is 32.6 Å². The van der Waals surface area contributed by atoms with Crippen molar-refractivity contribution < 1.29 is 17.9 Å². The number of methoxy groups -OCH3 is 1. The van der Waals surface area contributed by atoms with Crippen molar-refractivity contribution in [3.63, 3.8) is 0 Å². The van der Waals surface area contributed by atoms with E-state index in [1.165, 1.54) is 4.31 Å². The Morgan fingerprint density at radius 1 is 1.20 bits per heavy atom. The molecule has 7 heteroatoms. The van der Waals surface area contributed by atoms with Gasteiger partial charge in [0, 0.05) is 32.6 Å². The first-order valence-corrected chi connectivity index (χ1v) is 10.5. The van der Waals surface area contributed by atoms with Gasteiger partial charge in [-0.25, -0.2) is 12.7 Å². The van der Waals surface area contributed by atoms with Gasteiger partial charge in [-0.2, -0.15) is 0 Å². The van der Waals surface area contributed by atoms with Crippen LogP contribution in [-0.4, -0.2) is 62.6 Å². The Balaban J connectivity index is 1.88. The highest BCUT2D eigenvalue weighted by Gasteiger charge is 2.25. The molecule has 1 aromatic rings. The first-order valence-electron chi connectivity index (χ1n) is 8.85. The van der Waals surface area contributed by atoms with Gasteiger partial charge < -0.3 is 9.64 Å². The summed E-state index contributed by atoms with van der Waals surface area (Å²) in [4.78, 5) is 14.3. The molecule has 1 fully saturated rings. The van der Waals surface area contributed by atoms with Crippen LogP contribution in [0.2, 0.25) is 0 Å². The molecule has 0 bridgehead atoms. The SMILES string of the molecule is CCCS(=O)(=O)N1CCCN(C(=O)CCc2cccc(OC)c2)CC1. The van der Waals surface area contributed by atoms with Gasteiger partial charge in [-0.15, -0.1) is 0 Å². The molecule has 1 aromatic carbocycles. The molecule has 25 heavy (non-hydrogen) atoms. The molecule has 0 spiro atoms. The number of carbonyl (C=O) groups is 1. The highest BCUT2D eigenvalue weighted by molar-refractivity contribution is 7.89. The third kappa shape index (κ3) is 5.71. The van der Waals surface area contributed by atoms with Crippen LogP contribution in [0.1, 0.15) is 31.7 Å². The number of rotatable bonds is 7. The van der Waals surface area contributed by atoms with E-state index in [4.69, 9.17) is 4.74 Å². The molecule has 0 N–H and O–H groups in total. The van der Waals surface area contributed by atoms with E-state index in [0.717, 1.165) is 11.3 Å². The molecule has 0 unspecified atom stereocenters. The topological polar surface area (TPSA) is 66.9 Å². The number of carbonyl (C=O) groups excluding carboxylic acids is 1. The second-order valence-electron chi connectivity index (χ2n) is 6.30. The van der Waals surface area contributed by atoms with Crippen LogP contribution < -0.4 is 4.74 Å². The fourth-order valence-electron chi connectivity index (χ4n) is 3.05. The fourth-order valence-corrected chi connectivity index (χ4v) is 4.59. The van der Waals surface area contributed by atoms with Crippen LogP contribution in [0.5, 0.6) is 5.75 Å². The number of benzene rings is 1. The zero-order valence-corrected chi connectivity index (χ0v) is 15.9. The minimum absolute atomic E-state index is 0.0811. The molecule has 1 heterocycles. The minimum Gasteiger partial charge on any atom is -0.497 e. The highest BCUT2D eigenvalue weighted by Crippen LogP contribution is 2.15. The van der Waals surface area contributed by atoms with Gasteiger partial charge in [0.25, 0.3) is 0 Å². The maximum absolute atomic E-state index is 12.5. The zero-order chi connectivity index (χ0) is 18.3. The lowest BCUT2D eigenvalue weighted by Gasteiger charge is -2.22. The van der Waals surface area contributed by atoms with Gasteiger partial charge in [-0.05, 0) is 37.0 Å². The number of hydrogen-bond donors (Lipinski definition) is 0. The van der Waals surface area contributed by atoms with Crippen LogP contribution in [0.4, 0.5) is 0 Å². The Hall–Kier alpha value is -1.60. The molecule has 1 aliphatic rings. The van der Waals surface area contributed by atoms with Crippen LogP contribution in [0.3, 0.4) is 0 Å². The standard InChI is InChI=1S/C18H28N2O4S/c1-3-14-25(22,23)20-11-5-10-19(12-13-20)18(21)9-8-16-6-4-7-17(15-16)24-2/h4,6-7,15H,3,5,8-14H2,1-2H3. The summed E-state index contributed by atoms with van der Waals surface area (Å²) in [5.41, 5.74) is 1.06. The molecule has 0 radical (unpaired) electrons. The normalized spacial score (nSPS) is 16.5. The van der Waals surface area contributed by atoms with Gasteiger partial charge in [0.05, 0.1) is 12.9 Å². The summed E-state index contributed by atoms with van der Waals surface area (Å²) in [5, 5.41) is 0. The predicted octanol–water partition coefficient (Wildman–Crippen LogP) is 1.90. The number of sulfonamides is 1. The van der Waals surface area contributed by atoms with E-state index in [2.05, 4.69) is 0 Å². The third-order valence-electron chi connectivity index (χ3n) is 4.42. The van der Waals surface area contributed by atoms with Gasteiger partial charge in [0.15, 0.2) is 0 Å². The highest BCUT2D eigenvalue weighted by atomic mass is 32.2. The largest absolute Gasteiger partial charge is 0.497 e. The van der Waals surface area contributed by atoms with Gasteiger partial charge in [-0.1, -0.05) is 19.1 Å². The Kier molecular flexibility index (Phi) is 7.25. The van der Waals surface area contributed by atoms with Gasteiger partial charge in [0.2, 0.25) is 15.9 Å². The maximum atomic E-state index is 12.5. The number of nitrogens with zero attached hydrogens (tertiary/aromatic N) is 2. The first kappa shape index (κ1) is 19.7. The Morgan fingerprint density at radius 3 is 2.72 bits per heavy atom. The molecular weight excluding hydrogens is 340 g/mol. The van der Waals surface area contributed by atoms with Gasteiger partial charge in [-0.3, -0.25) is 4.79 Å². The Bertz CT molecular complexity index is 675. The smallest absolute Gasteiger partial charge is 0.222 e. The van der Waals surface area contributed by atoms with E-state index in [1.54, 1.807) is 12.0 Å². The lowest BCUT2D eigenvalue weighted by molar-refractivity contribution is -0.131. The van der Waals surface area contributed by atoms with E-state index in [-0.39, 0.29) is 11.7 Å². The molecule has 2 rings (SSSR count). The van der Waals surface area contributed by atoms with Crippen LogP contribution in [0.15, 0.2) is 24.3 Å². The van der Waals surface area contributed by atoms with Crippen molar-refractivity contribution in [1.82, 2.24) is 9.21 Å². The van der Waals surface area contributed by atoms with E-state index >= 15 is 0 Å². The molecule has 0 aromatic heterocycles. The zero-order valence-electron chi connectivity index (χ0n) is 15.1. The summed E-state index contributed by atoms with van der Waals surface area (Å²) in [6, 6.07) is 7.72. The summed E-state index contributed by atoms with van der Waals surface area (Å²) in [6.07, 6.45) is 2.38. The Morgan fingerprint density at radius 2 is 2.00 bits per heavy atom. The van der Waals surface area contributed by atoms with Crippen LogP contribution in [0, 0.1) is 0 Å². The molecular formula is C18H28N2O4S. The summed E-state index contributed by atoms with van der Waals surface area (Å²) in [6.45, 7) is 3.86. The van der Waals surface area contributed by atoms with Crippen molar-refractivity contribution in [1.29, 1.82) is 0 Å². The minimum atomic E-state index is -3.19. The molecule has 0 atom stereocenters. The van der Waals surface area contributed by atoms with Crippen molar-refractivity contribution in [3.05, 3.63) is 29.8 Å². The molecule has 140 valence electrons. The Labute approximate surface area is 150 Å². The van der Waals surface area contributed by atoms with E-state index < -0.39 is 10.0 Å². The van der Waals surface area contributed by atoms with Crippen LogP contribution in [0.25, 0.3) is 0 Å². The predicted molar refractivity (Wildman–Crippen MR) is 98.2 cm³/mol. The first-order chi connectivity index (χ1) is 12.0. The van der Waals surface area contributed by atoms with E-state index in [9.17, 15) is 13.2 Å². The fraction of sp³-hybridized carbons (Fsp3) is 0.611. The van der Waals surface area contributed by atoms with E-state index in [0.29, 0.717) is 51.9 Å². The van der Waals surface area contributed by atoms with Crippen molar-refractivity contribution in [2.24, 2.45) is 0 Å². The van der Waals surface area contributed by atoms with Crippen molar-refractivity contribution >= 4 is 15.9 Å². The summed E-state index contributed by atoms with van der Waals surface area (Å²) < 4.78 is 31.1. The summed E-state index contributed by atoms with van der Waals surface area (Å²) in [5.74, 6) is 1.05. The lowest BCUT2D eigenvalue weighted by atomic mass is 10.1. The number of amides is 1. The summed E-state index contributed by atoms with van der Waals surface area (Å²) in [7, 11) is -1.56. The quantitative estimate of drug-likeness (QED) is 0.737. The maximum Gasteiger partial charge on any atom is 0.222 e. The van der Waals surface area contributed by atoms with Crippen LogP contribution in [-0.2, 0) is 21.2 Å². The molecule has 6 nitrogen and oxygen atoms in total. The van der Waals surface area contributed by atoms with E-state index in [1.807, 2.05) is 31.2 Å². The lowest BCUT2D eigenvalue weighted by Crippen LogP contribution is -2.38. The summed E-state index contributed by atoms with van der Waals surface area (Å²) >= 11 is 0. The average Bonchev–Trinajstić information content (AvgIpc) is 2.86. The van der Waals surface area contributed by atoms with Crippen molar-refractivity contribution in [2.75, 3.05) is 39.0 Å². The second-order valence-corrected chi connectivity index (χ2v) is 8.39. The molecule has 1 amide bonds. The molecule has 1 saturated heterocycles. The second kappa shape index (κ2) is 9.20. The monoisotopic (exact) mass is 368 g/mol. The van der Waals surface area contributed by atoms with Crippen molar-refractivity contribution in [3.8, 4) is 5.75 Å².